The predicted octanol–water partition coefficient (Wildman–Crippen LogP) is 5.66. The SMILES string of the molecule is COc1cc2c(cc1OC)CN(c1cc(Cl)nc(SCc3cccc(C(=O)NCc4ccc5c(c4)OCO5)c3)n1)CC2. The van der Waals surface area contributed by atoms with Crippen molar-refractivity contribution in [1.82, 2.24) is 15.3 Å². The number of benzene rings is 3. The van der Waals surface area contributed by atoms with Gasteiger partial charge < -0.3 is 29.2 Å². The number of hydrogen-bond donors (Lipinski definition) is 1. The summed E-state index contributed by atoms with van der Waals surface area (Å²) in [6, 6.07) is 19.1. The van der Waals surface area contributed by atoms with Gasteiger partial charge in [0.25, 0.3) is 5.91 Å². The van der Waals surface area contributed by atoms with Crippen molar-refractivity contribution in [1.29, 1.82) is 0 Å². The molecule has 3 heterocycles. The largest absolute Gasteiger partial charge is 0.493 e. The van der Waals surface area contributed by atoms with E-state index in [1.165, 1.54) is 17.3 Å². The van der Waals surface area contributed by atoms with E-state index in [9.17, 15) is 4.79 Å². The minimum Gasteiger partial charge on any atom is -0.493 e. The minimum absolute atomic E-state index is 0.152. The Hall–Kier alpha value is -4.15. The summed E-state index contributed by atoms with van der Waals surface area (Å²) in [5, 5.41) is 3.94. The van der Waals surface area contributed by atoms with Crippen LogP contribution >= 0.6 is 23.4 Å². The Labute approximate surface area is 253 Å². The molecule has 1 aromatic heterocycles. The van der Waals surface area contributed by atoms with Crippen LogP contribution in [0.4, 0.5) is 5.82 Å². The van der Waals surface area contributed by atoms with Gasteiger partial charge in [-0.15, -0.1) is 0 Å². The summed E-state index contributed by atoms with van der Waals surface area (Å²) >= 11 is 7.90. The van der Waals surface area contributed by atoms with Crippen molar-refractivity contribution in [3.8, 4) is 23.0 Å². The second-order valence-corrected chi connectivity index (χ2v) is 11.2. The summed E-state index contributed by atoms with van der Waals surface area (Å²) < 4.78 is 21.7. The van der Waals surface area contributed by atoms with Gasteiger partial charge in [-0.05, 0) is 65.1 Å². The lowest BCUT2D eigenvalue weighted by Crippen LogP contribution is -2.31. The van der Waals surface area contributed by atoms with E-state index in [0.717, 1.165) is 41.2 Å². The number of carbonyl (C=O) groups is 1. The summed E-state index contributed by atoms with van der Waals surface area (Å²) in [6.07, 6.45) is 0.851. The average Bonchev–Trinajstić information content (AvgIpc) is 3.49. The Morgan fingerprint density at radius 2 is 1.79 bits per heavy atom. The zero-order valence-electron chi connectivity index (χ0n) is 23.2. The Balaban J connectivity index is 1.09. The van der Waals surface area contributed by atoms with Crippen LogP contribution in [-0.2, 0) is 25.3 Å². The number of rotatable bonds is 9. The third-order valence-corrected chi connectivity index (χ3v) is 8.26. The number of nitrogens with one attached hydrogen (secondary N) is 1. The van der Waals surface area contributed by atoms with Gasteiger partial charge in [0, 0.05) is 37.0 Å². The molecule has 2 aliphatic heterocycles. The number of nitrogens with zero attached hydrogens (tertiary/aromatic N) is 3. The number of fused-ring (bicyclic) bond motifs is 2. The Morgan fingerprint density at radius 3 is 2.62 bits per heavy atom. The van der Waals surface area contributed by atoms with Gasteiger partial charge in [-0.3, -0.25) is 4.79 Å². The number of anilines is 1. The standard InChI is InChI=1S/C31H29ClN4O5S/c1-38-25-12-21-8-9-36(16-23(21)13-26(25)39-2)29-14-28(32)34-31(35-29)42-17-20-4-3-5-22(10-20)30(37)33-15-19-6-7-24-27(11-19)41-18-40-24/h3-7,10-14H,8-9,15-18H2,1-2H3,(H,33,37). The molecule has 2 aliphatic rings. The first kappa shape index (κ1) is 28.0. The third kappa shape index (κ3) is 6.19. The maximum Gasteiger partial charge on any atom is 0.251 e. The van der Waals surface area contributed by atoms with Gasteiger partial charge in [-0.25, -0.2) is 9.97 Å². The first-order chi connectivity index (χ1) is 20.5. The van der Waals surface area contributed by atoms with Crippen molar-refractivity contribution in [3.05, 3.63) is 93.6 Å². The number of thioether (sulfide) groups is 1. The van der Waals surface area contributed by atoms with Gasteiger partial charge >= 0.3 is 0 Å². The number of halogens is 1. The Kier molecular flexibility index (Phi) is 8.25. The first-order valence-corrected chi connectivity index (χ1v) is 14.8. The predicted molar refractivity (Wildman–Crippen MR) is 161 cm³/mol. The highest BCUT2D eigenvalue weighted by molar-refractivity contribution is 7.98. The van der Waals surface area contributed by atoms with Crippen LogP contribution in [0.2, 0.25) is 5.15 Å². The molecule has 6 rings (SSSR count). The third-order valence-electron chi connectivity index (χ3n) is 7.15. The molecule has 0 unspecified atom stereocenters. The van der Waals surface area contributed by atoms with Crippen LogP contribution in [-0.4, -0.2) is 43.4 Å². The van der Waals surface area contributed by atoms with Crippen LogP contribution < -0.4 is 29.2 Å². The highest BCUT2D eigenvalue weighted by Crippen LogP contribution is 2.35. The maximum absolute atomic E-state index is 12.9. The molecule has 1 amide bonds. The summed E-state index contributed by atoms with van der Waals surface area (Å²) in [6.45, 7) is 2.07. The molecule has 0 bridgehead atoms. The van der Waals surface area contributed by atoms with E-state index in [1.807, 2.05) is 48.5 Å². The lowest BCUT2D eigenvalue weighted by Gasteiger charge is -2.30. The van der Waals surface area contributed by atoms with Crippen LogP contribution in [0.15, 0.2) is 65.8 Å². The Bertz CT molecular complexity index is 1640. The molecule has 0 saturated carbocycles. The lowest BCUT2D eigenvalue weighted by molar-refractivity contribution is 0.0950. The molecule has 1 N–H and O–H groups in total. The van der Waals surface area contributed by atoms with Crippen molar-refractivity contribution in [3.63, 3.8) is 0 Å². The van der Waals surface area contributed by atoms with Gasteiger partial charge in [0.1, 0.15) is 11.0 Å². The van der Waals surface area contributed by atoms with Crippen molar-refractivity contribution in [2.24, 2.45) is 0 Å². The molecule has 0 radical (unpaired) electrons. The fourth-order valence-corrected chi connectivity index (χ4v) is 6.00. The highest BCUT2D eigenvalue weighted by Gasteiger charge is 2.22. The quantitative estimate of drug-likeness (QED) is 0.147. The molecule has 0 saturated heterocycles. The molecule has 216 valence electrons. The normalized spacial score (nSPS) is 13.5. The smallest absolute Gasteiger partial charge is 0.251 e. The number of carbonyl (C=O) groups excluding carboxylic acids is 1. The second-order valence-electron chi connectivity index (χ2n) is 9.84. The van der Waals surface area contributed by atoms with Crippen LogP contribution in [0, 0.1) is 0 Å². The molecular formula is C31H29ClN4O5S. The van der Waals surface area contributed by atoms with Crippen LogP contribution in [0.25, 0.3) is 0 Å². The summed E-state index contributed by atoms with van der Waals surface area (Å²) in [7, 11) is 3.29. The van der Waals surface area contributed by atoms with E-state index in [1.54, 1.807) is 26.4 Å². The van der Waals surface area contributed by atoms with Crippen molar-refractivity contribution < 1.29 is 23.7 Å². The van der Waals surface area contributed by atoms with Crippen LogP contribution in [0.5, 0.6) is 23.0 Å². The van der Waals surface area contributed by atoms with Gasteiger partial charge in [0.05, 0.1) is 14.2 Å². The van der Waals surface area contributed by atoms with E-state index in [-0.39, 0.29) is 12.7 Å². The topological polar surface area (TPSA) is 95.0 Å². The van der Waals surface area contributed by atoms with Crippen molar-refractivity contribution in [2.45, 2.75) is 30.4 Å². The molecule has 0 spiro atoms. The molecule has 11 heteroatoms. The molecule has 9 nitrogen and oxygen atoms in total. The molecule has 0 fully saturated rings. The number of hydrogen-bond acceptors (Lipinski definition) is 9. The van der Waals surface area contributed by atoms with Crippen molar-refractivity contribution in [2.75, 3.05) is 32.5 Å². The second kappa shape index (κ2) is 12.4. The Morgan fingerprint density at radius 1 is 0.976 bits per heavy atom. The summed E-state index contributed by atoms with van der Waals surface area (Å²) in [5.74, 6) is 4.06. The summed E-state index contributed by atoms with van der Waals surface area (Å²) in [5.41, 5.74) is 4.90. The molecule has 42 heavy (non-hydrogen) atoms. The molecular weight excluding hydrogens is 576 g/mol. The van der Waals surface area contributed by atoms with E-state index in [4.69, 9.17) is 35.5 Å². The van der Waals surface area contributed by atoms with Gasteiger partial charge in [0.2, 0.25) is 6.79 Å². The number of methoxy groups -OCH3 is 2. The van der Waals surface area contributed by atoms with E-state index >= 15 is 0 Å². The fraction of sp³-hybridized carbons (Fsp3) is 0.258. The van der Waals surface area contributed by atoms with Gasteiger partial charge in [-0.2, -0.15) is 0 Å². The zero-order chi connectivity index (χ0) is 29.1. The highest BCUT2D eigenvalue weighted by atomic mass is 35.5. The number of amides is 1. The molecule has 4 aromatic rings. The number of ether oxygens (including phenoxy) is 4. The van der Waals surface area contributed by atoms with E-state index < -0.39 is 0 Å². The van der Waals surface area contributed by atoms with Gasteiger partial charge in [-0.1, -0.05) is 41.6 Å². The molecule has 3 aromatic carbocycles. The lowest BCUT2D eigenvalue weighted by atomic mass is 9.99. The summed E-state index contributed by atoms with van der Waals surface area (Å²) in [4.78, 5) is 24.3. The maximum atomic E-state index is 12.9. The van der Waals surface area contributed by atoms with E-state index in [2.05, 4.69) is 15.2 Å². The van der Waals surface area contributed by atoms with Crippen LogP contribution in [0.3, 0.4) is 0 Å². The molecule has 0 aliphatic carbocycles. The fourth-order valence-electron chi connectivity index (χ4n) is 4.98. The minimum atomic E-state index is -0.152. The zero-order valence-corrected chi connectivity index (χ0v) is 24.8. The average molecular weight is 605 g/mol. The van der Waals surface area contributed by atoms with Gasteiger partial charge in [0.15, 0.2) is 28.2 Å². The van der Waals surface area contributed by atoms with E-state index in [0.29, 0.717) is 52.0 Å². The molecule has 0 atom stereocenters. The number of aromatic nitrogens is 2. The first-order valence-electron chi connectivity index (χ1n) is 13.4. The van der Waals surface area contributed by atoms with Crippen LogP contribution in [0.1, 0.15) is 32.6 Å². The van der Waals surface area contributed by atoms with Crippen molar-refractivity contribution >= 4 is 35.1 Å². The monoisotopic (exact) mass is 604 g/mol.